The highest BCUT2D eigenvalue weighted by Crippen LogP contribution is 2.25. The van der Waals surface area contributed by atoms with Gasteiger partial charge in [0.25, 0.3) is 0 Å². The lowest BCUT2D eigenvalue weighted by atomic mass is 9.99. The van der Waals surface area contributed by atoms with Crippen molar-refractivity contribution >= 4 is 17.7 Å². The quantitative estimate of drug-likeness (QED) is 0.510. The Bertz CT molecular complexity index is 1010. The van der Waals surface area contributed by atoms with Crippen molar-refractivity contribution in [1.29, 1.82) is 0 Å². The molecule has 1 saturated heterocycles. The summed E-state index contributed by atoms with van der Waals surface area (Å²) in [6.07, 6.45) is 2.16. The summed E-state index contributed by atoms with van der Waals surface area (Å²) < 4.78 is 8.00. The smallest absolute Gasteiger partial charge is 0.233 e. The Hall–Kier alpha value is -2.80. The highest BCUT2D eigenvalue weighted by molar-refractivity contribution is 7.99. The number of hydrogen-bond donors (Lipinski definition) is 0. The van der Waals surface area contributed by atoms with E-state index in [-0.39, 0.29) is 5.91 Å². The van der Waals surface area contributed by atoms with Crippen molar-refractivity contribution in [2.45, 2.75) is 38.5 Å². The third-order valence-corrected chi connectivity index (χ3v) is 6.54. The molecule has 0 atom stereocenters. The van der Waals surface area contributed by atoms with Crippen LogP contribution in [0, 0.1) is 12.8 Å². The van der Waals surface area contributed by atoms with Crippen LogP contribution >= 0.6 is 11.8 Å². The number of hydrogen-bond acceptors (Lipinski definition) is 5. The van der Waals surface area contributed by atoms with E-state index in [2.05, 4.69) is 17.1 Å². The van der Waals surface area contributed by atoms with Gasteiger partial charge in [-0.15, -0.1) is 10.2 Å². The fraction of sp³-hybridized carbons (Fsp3) is 0.375. The van der Waals surface area contributed by atoms with E-state index in [1.54, 1.807) is 0 Å². The molecule has 0 unspecified atom stereocenters. The van der Waals surface area contributed by atoms with Crippen molar-refractivity contribution in [2.75, 3.05) is 18.8 Å². The van der Waals surface area contributed by atoms with Crippen LogP contribution in [0.1, 0.15) is 31.2 Å². The number of amides is 1. The third-order valence-electron chi connectivity index (χ3n) is 5.63. The number of carbonyl (C=O) groups is 1. The average Bonchev–Trinajstić information content (AvgIpc) is 3.21. The van der Waals surface area contributed by atoms with E-state index in [4.69, 9.17) is 4.74 Å². The van der Waals surface area contributed by atoms with Crippen LogP contribution in [0.4, 0.5) is 0 Å². The van der Waals surface area contributed by atoms with Crippen molar-refractivity contribution in [3.8, 4) is 11.4 Å². The van der Waals surface area contributed by atoms with Crippen LogP contribution in [-0.2, 0) is 11.4 Å². The van der Waals surface area contributed by atoms with Gasteiger partial charge in [0.05, 0.1) is 5.75 Å². The normalized spacial score (nSPS) is 14.6. The minimum Gasteiger partial charge on any atom is -0.485 e. The summed E-state index contributed by atoms with van der Waals surface area (Å²) in [5.74, 6) is 2.76. The van der Waals surface area contributed by atoms with E-state index in [9.17, 15) is 4.79 Å². The van der Waals surface area contributed by atoms with Gasteiger partial charge < -0.3 is 9.64 Å². The number of ether oxygens (including phenoxy) is 1. The molecule has 2 heterocycles. The number of likely N-dealkylation sites (tertiary alicyclic amines) is 1. The van der Waals surface area contributed by atoms with Gasteiger partial charge in [-0.3, -0.25) is 9.36 Å². The Morgan fingerprint density at radius 3 is 2.52 bits per heavy atom. The summed E-state index contributed by atoms with van der Waals surface area (Å²) >= 11 is 1.43. The first-order chi connectivity index (χ1) is 15.1. The van der Waals surface area contributed by atoms with E-state index in [0.717, 1.165) is 42.9 Å². The second kappa shape index (κ2) is 10.0. The van der Waals surface area contributed by atoms with Crippen LogP contribution in [0.25, 0.3) is 5.69 Å². The van der Waals surface area contributed by atoms with Crippen molar-refractivity contribution < 1.29 is 9.53 Å². The molecule has 31 heavy (non-hydrogen) atoms. The van der Waals surface area contributed by atoms with Gasteiger partial charge in [0, 0.05) is 18.8 Å². The summed E-state index contributed by atoms with van der Waals surface area (Å²) in [6, 6.07) is 17.9. The molecule has 7 heteroatoms. The number of aryl methyl sites for hydroxylation is 1. The molecular formula is C24H28N4O2S. The molecular weight excluding hydrogens is 408 g/mol. The Labute approximate surface area is 187 Å². The third kappa shape index (κ3) is 5.28. The molecule has 162 valence electrons. The predicted octanol–water partition coefficient (Wildman–Crippen LogP) is 4.51. The Kier molecular flexibility index (Phi) is 6.92. The Morgan fingerprint density at radius 2 is 1.77 bits per heavy atom. The fourth-order valence-corrected chi connectivity index (χ4v) is 4.53. The van der Waals surface area contributed by atoms with E-state index in [1.165, 1.54) is 11.8 Å². The topological polar surface area (TPSA) is 60.3 Å². The number of thioether (sulfide) groups is 1. The number of carbonyl (C=O) groups excluding carboxylic acids is 1. The second-order valence-electron chi connectivity index (χ2n) is 7.98. The average molecular weight is 437 g/mol. The molecule has 1 fully saturated rings. The molecule has 1 amide bonds. The summed E-state index contributed by atoms with van der Waals surface area (Å²) in [7, 11) is 0. The highest BCUT2D eigenvalue weighted by Gasteiger charge is 2.22. The fourth-order valence-electron chi connectivity index (χ4n) is 3.66. The first-order valence-electron chi connectivity index (χ1n) is 10.7. The van der Waals surface area contributed by atoms with Crippen LogP contribution in [0.3, 0.4) is 0 Å². The van der Waals surface area contributed by atoms with Gasteiger partial charge in [0.15, 0.2) is 11.0 Å². The summed E-state index contributed by atoms with van der Waals surface area (Å²) in [5, 5.41) is 9.46. The predicted molar refractivity (Wildman–Crippen MR) is 123 cm³/mol. The molecule has 3 aromatic rings. The number of para-hydroxylation sites is 2. The minimum atomic E-state index is 0.164. The lowest BCUT2D eigenvalue weighted by molar-refractivity contribution is -0.129. The zero-order valence-electron chi connectivity index (χ0n) is 18.0. The van der Waals surface area contributed by atoms with Crippen LogP contribution in [0.2, 0.25) is 0 Å². The number of rotatable bonds is 7. The van der Waals surface area contributed by atoms with Gasteiger partial charge in [-0.25, -0.2) is 0 Å². The molecule has 1 aromatic heterocycles. The first-order valence-corrected chi connectivity index (χ1v) is 11.7. The lowest BCUT2D eigenvalue weighted by Gasteiger charge is -2.30. The maximum absolute atomic E-state index is 12.7. The number of nitrogens with zero attached hydrogens (tertiary/aromatic N) is 4. The van der Waals surface area contributed by atoms with E-state index < -0.39 is 0 Å². The molecule has 4 rings (SSSR count). The second-order valence-corrected chi connectivity index (χ2v) is 8.92. The van der Waals surface area contributed by atoms with Gasteiger partial charge in [-0.2, -0.15) is 0 Å². The summed E-state index contributed by atoms with van der Waals surface area (Å²) in [6.45, 7) is 6.26. The zero-order chi connectivity index (χ0) is 21.6. The van der Waals surface area contributed by atoms with Gasteiger partial charge in [-0.1, -0.05) is 55.1 Å². The van der Waals surface area contributed by atoms with Crippen molar-refractivity contribution in [1.82, 2.24) is 19.7 Å². The first kappa shape index (κ1) is 21.4. The monoisotopic (exact) mass is 436 g/mol. The molecule has 0 saturated carbocycles. The SMILES string of the molecule is Cc1ccccc1OCc1nnc(SCC(=O)N2CCC(C)CC2)n1-c1ccccc1. The highest BCUT2D eigenvalue weighted by atomic mass is 32.2. The molecule has 1 aliphatic rings. The van der Waals surface area contributed by atoms with Crippen molar-refractivity contribution in [3.05, 3.63) is 66.0 Å². The van der Waals surface area contributed by atoms with Gasteiger partial charge in [0.2, 0.25) is 5.91 Å². The number of piperidine rings is 1. The summed E-state index contributed by atoms with van der Waals surface area (Å²) in [5.41, 5.74) is 2.03. The molecule has 0 N–H and O–H groups in total. The molecule has 0 aliphatic carbocycles. The van der Waals surface area contributed by atoms with Crippen LogP contribution in [0.15, 0.2) is 59.8 Å². The van der Waals surface area contributed by atoms with E-state index in [0.29, 0.717) is 29.3 Å². The molecule has 6 nitrogen and oxygen atoms in total. The summed E-state index contributed by atoms with van der Waals surface area (Å²) in [4.78, 5) is 14.7. The van der Waals surface area contributed by atoms with E-state index in [1.807, 2.05) is 71.0 Å². The molecule has 0 spiro atoms. The maximum atomic E-state index is 12.7. The lowest BCUT2D eigenvalue weighted by Crippen LogP contribution is -2.38. The largest absolute Gasteiger partial charge is 0.485 e. The molecule has 0 bridgehead atoms. The molecule has 2 aromatic carbocycles. The Balaban J connectivity index is 1.49. The molecule has 0 radical (unpaired) electrons. The van der Waals surface area contributed by atoms with Gasteiger partial charge in [-0.05, 0) is 49.4 Å². The van der Waals surface area contributed by atoms with Crippen molar-refractivity contribution in [2.24, 2.45) is 5.92 Å². The van der Waals surface area contributed by atoms with Crippen LogP contribution in [0.5, 0.6) is 5.75 Å². The molecule has 1 aliphatic heterocycles. The van der Waals surface area contributed by atoms with Gasteiger partial charge in [0.1, 0.15) is 12.4 Å². The number of aromatic nitrogens is 3. The zero-order valence-corrected chi connectivity index (χ0v) is 18.8. The number of benzene rings is 2. The van der Waals surface area contributed by atoms with Gasteiger partial charge >= 0.3 is 0 Å². The standard InChI is InChI=1S/C24H28N4O2S/c1-18-12-14-27(15-13-18)23(29)17-31-24-26-25-22(28(24)20-9-4-3-5-10-20)16-30-21-11-7-6-8-19(21)2/h3-11,18H,12-17H2,1-2H3. The van der Waals surface area contributed by atoms with E-state index >= 15 is 0 Å². The van der Waals surface area contributed by atoms with Crippen LogP contribution in [-0.4, -0.2) is 44.4 Å². The Morgan fingerprint density at radius 1 is 1.06 bits per heavy atom. The minimum absolute atomic E-state index is 0.164. The maximum Gasteiger partial charge on any atom is 0.233 e. The van der Waals surface area contributed by atoms with Crippen LogP contribution < -0.4 is 4.74 Å². The van der Waals surface area contributed by atoms with Crippen molar-refractivity contribution in [3.63, 3.8) is 0 Å².